The van der Waals surface area contributed by atoms with E-state index in [0.29, 0.717) is 12.1 Å². The lowest BCUT2D eigenvalue weighted by atomic mass is 9.72. The van der Waals surface area contributed by atoms with Crippen LogP contribution in [0.15, 0.2) is 107 Å². The van der Waals surface area contributed by atoms with E-state index in [4.69, 9.17) is 22.5 Å². The molecule has 4 atom stereocenters. The second kappa shape index (κ2) is 12.7. The summed E-state index contributed by atoms with van der Waals surface area (Å²) in [6, 6.07) is 14.8. The first-order chi connectivity index (χ1) is 25.0. The van der Waals surface area contributed by atoms with Crippen molar-refractivity contribution < 1.29 is 52.3 Å². The average Bonchev–Trinajstić information content (AvgIpc) is 3.10. The molecule has 4 aromatic rings. The summed E-state index contributed by atoms with van der Waals surface area (Å²) in [6.45, 7) is 0. The summed E-state index contributed by atoms with van der Waals surface area (Å²) in [7, 11) is -10.6. The minimum atomic E-state index is -5.32. The SMILES string of the molecule is N=NC1=CC(S(=O)(=O)O)C(N)(c2ccc(-c3ccc(C4(N)c5ccccc5C(N=N)=CC4S(=O)(=O)O)c(C(F)(F)F)c3)cc2C(F)(F)F)c2ccccc21. The highest BCUT2D eigenvalue weighted by Gasteiger charge is 2.54. The van der Waals surface area contributed by atoms with Gasteiger partial charge in [-0.15, -0.1) is 0 Å². The zero-order valence-corrected chi connectivity index (χ0v) is 28.7. The van der Waals surface area contributed by atoms with Gasteiger partial charge in [0.05, 0.1) is 33.6 Å². The summed E-state index contributed by atoms with van der Waals surface area (Å²) >= 11 is 0. The molecule has 4 aromatic carbocycles. The molecule has 12 nitrogen and oxygen atoms in total. The fourth-order valence-electron chi connectivity index (χ4n) is 7.24. The van der Waals surface area contributed by atoms with E-state index in [1.54, 1.807) is 0 Å². The maximum atomic E-state index is 15.0. The summed E-state index contributed by atoms with van der Waals surface area (Å²) in [5.41, 5.74) is 15.7. The van der Waals surface area contributed by atoms with Gasteiger partial charge in [0.2, 0.25) is 0 Å². The van der Waals surface area contributed by atoms with Crippen molar-refractivity contribution in [2.45, 2.75) is 33.9 Å². The number of nitrogens with one attached hydrogen (secondary N) is 2. The Bertz CT molecular complexity index is 2370. The van der Waals surface area contributed by atoms with Gasteiger partial charge in [-0.25, -0.2) is 11.1 Å². The van der Waals surface area contributed by atoms with Crippen molar-refractivity contribution in [2.75, 3.05) is 0 Å². The molecule has 8 N–H and O–H groups in total. The molecule has 0 fully saturated rings. The molecule has 0 aliphatic heterocycles. The van der Waals surface area contributed by atoms with E-state index in [-0.39, 0.29) is 33.6 Å². The van der Waals surface area contributed by atoms with Gasteiger partial charge in [0.25, 0.3) is 20.2 Å². The molecule has 6 rings (SSSR count). The fraction of sp³-hybridized carbons (Fsp3) is 0.176. The van der Waals surface area contributed by atoms with Crippen LogP contribution in [0.3, 0.4) is 0 Å². The largest absolute Gasteiger partial charge is 0.416 e. The predicted molar refractivity (Wildman–Crippen MR) is 182 cm³/mol. The van der Waals surface area contributed by atoms with Gasteiger partial charge >= 0.3 is 12.4 Å². The Balaban J connectivity index is 1.61. The average molecular weight is 793 g/mol. The van der Waals surface area contributed by atoms with Crippen molar-refractivity contribution in [1.82, 2.24) is 0 Å². The number of rotatable bonds is 7. The maximum Gasteiger partial charge on any atom is 0.416 e. The zero-order chi connectivity index (χ0) is 39.8. The van der Waals surface area contributed by atoms with Gasteiger partial charge in [0, 0.05) is 11.1 Å². The molecule has 20 heteroatoms. The summed E-state index contributed by atoms with van der Waals surface area (Å²) in [4.78, 5) is 0. The summed E-state index contributed by atoms with van der Waals surface area (Å²) in [5.74, 6) is 0. The smallest absolute Gasteiger partial charge is 0.316 e. The topological polar surface area (TPSA) is 233 Å². The second-order valence-corrected chi connectivity index (χ2v) is 15.6. The molecule has 0 spiro atoms. The van der Waals surface area contributed by atoms with Crippen LogP contribution in [-0.2, 0) is 43.7 Å². The number of alkyl halides is 6. The van der Waals surface area contributed by atoms with Crippen LogP contribution in [0.4, 0.5) is 26.3 Å². The standard InChI is InChI=1S/C34H26F6N6O6S2/c35-33(36,37)25-13-17(9-11-23(25)31(41)21-7-3-1-5-19(21)27(45-43)15-29(31)53(47,48)49)18-10-12-24(26(14-18)34(38,39)40)32(42)22-8-4-2-6-20(22)28(46-44)16-30(32)54(50,51)52/h1-16,29-30,43-44H,41-42H2,(H,47,48,49)(H,50,51,52). The van der Waals surface area contributed by atoms with Gasteiger partial charge in [0.1, 0.15) is 10.5 Å². The molecular formula is C34H26F6N6O6S2. The molecule has 0 amide bonds. The quantitative estimate of drug-likeness (QED) is 0.0641. The van der Waals surface area contributed by atoms with Crippen LogP contribution < -0.4 is 11.5 Å². The summed E-state index contributed by atoms with van der Waals surface area (Å²) in [5, 5.41) is 1.87. The summed E-state index contributed by atoms with van der Waals surface area (Å²) < 4.78 is 161. The van der Waals surface area contributed by atoms with Gasteiger partial charge in [-0.05, 0) is 57.7 Å². The third kappa shape index (κ3) is 6.13. The Labute approximate surface area is 302 Å². The molecule has 0 saturated carbocycles. The highest BCUT2D eigenvalue weighted by Crippen LogP contribution is 2.50. The Morgan fingerprint density at radius 1 is 0.574 bits per heavy atom. The zero-order valence-electron chi connectivity index (χ0n) is 27.1. The number of benzene rings is 4. The van der Waals surface area contributed by atoms with Crippen molar-refractivity contribution in [1.29, 1.82) is 11.1 Å². The number of nitrogens with two attached hydrogens (primary N) is 2. The van der Waals surface area contributed by atoms with E-state index >= 15 is 0 Å². The van der Waals surface area contributed by atoms with Crippen molar-refractivity contribution in [3.8, 4) is 11.1 Å². The number of hydrogen-bond donors (Lipinski definition) is 6. The van der Waals surface area contributed by atoms with E-state index in [0.717, 1.165) is 36.4 Å². The summed E-state index contributed by atoms with van der Waals surface area (Å²) in [6.07, 6.45) is -9.18. The predicted octanol–water partition coefficient (Wildman–Crippen LogP) is 7.08. The van der Waals surface area contributed by atoms with Gasteiger partial charge in [-0.1, -0.05) is 72.8 Å². The Kier molecular flexibility index (Phi) is 9.11. The first kappa shape index (κ1) is 38.6. The van der Waals surface area contributed by atoms with E-state index in [2.05, 4.69) is 10.2 Å². The molecule has 0 aromatic heterocycles. The molecule has 4 unspecified atom stereocenters. The number of hydrogen-bond acceptors (Lipinski definition) is 10. The van der Waals surface area contributed by atoms with Crippen molar-refractivity contribution in [3.63, 3.8) is 0 Å². The van der Waals surface area contributed by atoms with Crippen molar-refractivity contribution in [3.05, 3.63) is 142 Å². The molecule has 0 bridgehead atoms. The van der Waals surface area contributed by atoms with E-state index in [1.807, 2.05) is 0 Å². The third-order valence-corrected chi connectivity index (χ3v) is 11.9. The van der Waals surface area contributed by atoms with Crippen LogP contribution in [0.1, 0.15) is 44.5 Å². The lowest BCUT2D eigenvalue weighted by molar-refractivity contribution is -0.139. The molecular weight excluding hydrogens is 767 g/mol. The van der Waals surface area contributed by atoms with Gasteiger partial charge in [-0.2, -0.15) is 53.4 Å². The van der Waals surface area contributed by atoms with E-state index in [9.17, 15) is 52.3 Å². The molecule has 2 aliphatic carbocycles. The minimum Gasteiger partial charge on any atom is -0.316 e. The van der Waals surface area contributed by atoms with Crippen LogP contribution in [0.5, 0.6) is 0 Å². The van der Waals surface area contributed by atoms with Gasteiger partial charge in [0.15, 0.2) is 0 Å². The highest BCUT2D eigenvalue weighted by atomic mass is 32.2. The number of nitrogens with zero attached hydrogens (tertiary/aromatic N) is 2. The molecule has 0 radical (unpaired) electrons. The second-order valence-electron chi connectivity index (χ2n) is 12.5. The van der Waals surface area contributed by atoms with Crippen molar-refractivity contribution >= 4 is 31.6 Å². The lowest BCUT2D eigenvalue weighted by Crippen LogP contribution is -2.54. The molecule has 0 heterocycles. The minimum absolute atomic E-state index is 0.0148. The first-order valence-electron chi connectivity index (χ1n) is 15.3. The van der Waals surface area contributed by atoms with Gasteiger partial charge < -0.3 is 11.5 Å². The Morgan fingerprint density at radius 2 is 0.907 bits per heavy atom. The number of halogens is 6. The first-order valence-corrected chi connectivity index (χ1v) is 18.3. The van der Waals surface area contributed by atoms with Crippen molar-refractivity contribution in [2.24, 2.45) is 21.7 Å². The van der Waals surface area contributed by atoms with Crippen LogP contribution >= 0.6 is 0 Å². The lowest BCUT2D eigenvalue weighted by Gasteiger charge is -2.41. The fourth-order valence-corrected chi connectivity index (χ4v) is 9.29. The van der Waals surface area contributed by atoms with E-state index < -0.39 is 87.5 Å². The Morgan fingerprint density at radius 3 is 1.20 bits per heavy atom. The number of fused-ring (bicyclic) bond motifs is 2. The highest BCUT2D eigenvalue weighted by molar-refractivity contribution is 7.87. The third-order valence-electron chi connectivity index (χ3n) is 9.57. The van der Waals surface area contributed by atoms with Crippen LogP contribution in [0.25, 0.3) is 22.5 Å². The monoisotopic (exact) mass is 792 g/mol. The van der Waals surface area contributed by atoms with Crippen LogP contribution in [0.2, 0.25) is 0 Å². The van der Waals surface area contributed by atoms with Gasteiger partial charge in [-0.3, -0.25) is 9.11 Å². The molecule has 282 valence electrons. The molecule has 2 aliphatic rings. The maximum absolute atomic E-state index is 15.0. The van der Waals surface area contributed by atoms with E-state index in [1.165, 1.54) is 48.5 Å². The molecule has 54 heavy (non-hydrogen) atoms. The molecule has 0 saturated heterocycles. The Hall–Kier alpha value is -5.12. The van der Waals surface area contributed by atoms with Crippen LogP contribution in [0, 0.1) is 11.1 Å². The van der Waals surface area contributed by atoms with Crippen LogP contribution in [-0.4, -0.2) is 36.4 Å². The normalized spacial score (nSPS) is 23.1.